The van der Waals surface area contributed by atoms with E-state index < -0.39 is 0 Å². The van der Waals surface area contributed by atoms with Crippen molar-refractivity contribution in [2.24, 2.45) is 5.73 Å². The summed E-state index contributed by atoms with van der Waals surface area (Å²) in [5, 5.41) is 0. The molecule has 0 aliphatic heterocycles. The molecule has 0 fully saturated rings. The summed E-state index contributed by atoms with van der Waals surface area (Å²) in [5.74, 6) is 0. The van der Waals surface area contributed by atoms with Crippen molar-refractivity contribution in [1.82, 2.24) is 0 Å². The molecule has 0 radical (unpaired) electrons. The van der Waals surface area contributed by atoms with Crippen molar-refractivity contribution in [3.63, 3.8) is 0 Å². The van der Waals surface area contributed by atoms with E-state index in [1.807, 2.05) is 6.08 Å². The highest BCUT2D eigenvalue weighted by Gasteiger charge is 1.98. The summed E-state index contributed by atoms with van der Waals surface area (Å²) in [6.45, 7) is 4.35. The second-order valence-electron chi connectivity index (χ2n) is 2.48. The van der Waals surface area contributed by atoms with Crippen molar-refractivity contribution < 1.29 is 0 Å². The lowest BCUT2D eigenvalue weighted by Crippen LogP contribution is -1.96. The number of hydrogen-bond donors (Lipinski definition) is 1. The third-order valence-corrected chi connectivity index (χ3v) is 2.56. The van der Waals surface area contributed by atoms with E-state index in [-0.39, 0.29) is 0 Å². The van der Waals surface area contributed by atoms with Gasteiger partial charge in [-0.15, -0.1) is 11.8 Å². The second kappa shape index (κ2) is 4.33. The first-order chi connectivity index (χ1) is 5.81. The number of thioether (sulfide) groups is 1. The van der Waals surface area contributed by atoms with Crippen LogP contribution in [0.3, 0.4) is 0 Å². The van der Waals surface area contributed by atoms with E-state index >= 15 is 0 Å². The van der Waals surface area contributed by atoms with Gasteiger partial charge in [0.15, 0.2) is 0 Å². The summed E-state index contributed by atoms with van der Waals surface area (Å²) in [6, 6.07) is 6.22. The van der Waals surface area contributed by atoms with Crippen LogP contribution in [-0.4, -0.2) is 6.26 Å². The minimum Gasteiger partial charge on any atom is -0.326 e. The first-order valence-electron chi connectivity index (χ1n) is 3.81. The SMILES string of the molecule is C=Cc1cc(CN)ccc1SC. The van der Waals surface area contributed by atoms with Crippen LogP contribution in [-0.2, 0) is 6.54 Å². The molecule has 12 heavy (non-hydrogen) atoms. The Bertz CT molecular complexity index is 281. The molecule has 0 bridgehead atoms. The lowest BCUT2D eigenvalue weighted by molar-refractivity contribution is 1.06. The maximum atomic E-state index is 5.52. The van der Waals surface area contributed by atoms with Gasteiger partial charge in [-0.05, 0) is 29.5 Å². The van der Waals surface area contributed by atoms with E-state index in [9.17, 15) is 0 Å². The summed E-state index contributed by atoms with van der Waals surface area (Å²) in [7, 11) is 0. The zero-order chi connectivity index (χ0) is 8.97. The van der Waals surface area contributed by atoms with E-state index in [4.69, 9.17) is 5.73 Å². The maximum Gasteiger partial charge on any atom is 0.0178 e. The van der Waals surface area contributed by atoms with Crippen molar-refractivity contribution >= 4 is 17.8 Å². The summed E-state index contributed by atoms with van der Waals surface area (Å²) in [6.07, 6.45) is 3.93. The topological polar surface area (TPSA) is 26.0 Å². The molecule has 2 heteroatoms. The lowest BCUT2D eigenvalue weighted by Gasteiger charge is -2.04. The summed E-state index contributed by atoms with van der Waals surface area (Å²) < 4.78 is 0. The Balaban J connectivity index is 3.10. The van der Waals surface area contributed by atoms with E-state index in [0.29, 0.717) is 6.54 Å². The van der Waals surface area contributed by atoms with E-state index in [1.54, 1.807) is 11.8 Å². The standard InChI is InChI=1S/C10H13NS/c1-3-9-6-8(7-11)4-5-10(9)12-2/h3-6H,1,7,11H2,2H3. The monoisotopic (exact) mass is 179 g/mol. The molecule has 1 aromatic carbocycles. The Morgan fingerprint density at radius 2 is 2.33 bits per heavy atom. The minimum absolute atomic E-state index is 0.593. The van der Waals surface area contributed by atoms with Crippen LogP contribution in [0, 0.1) is 0 Å². The number of nitrogens with two attached hydrogens (primary N) is 1. The molecule has 0 amide bonds. The second-order valence-corrected chi connectivity index (χ2v) is 3.33. The molecule has 1 rings (SSSR count). The largest absolute Gasteiger partial charge is 0.326 e. The molecule has 0 saturated heterocycles. The fourth-order valence-electron chi connectivity index (χ4n) is 1.07. The summed E-state index contributed by atoms with van der Waals surface area (Å²) in [5.41, 5.74) is 7.85. The maximum absolute atomic E-state index is 5.52. The summed E-state index contributed by atoms with van der Waals surface area (Å²) >= 11 is 1.73. The van der Waals surface area contributed by atoms with E-state index in [2.05, 4.69) is 31.0 Å². The molecule has 0 saturated carbocycles. The molecular formula is C10H13NS. The number of benzene rings is 1. The van der Waals surface area contributed by atoms with Gasteiger partial charge in [-0.25, -0.2) is 0 Å². The molecule has 0 aliphatic carbocycles. The highest BCUT2D eigenvalue weighted by atomic mass is 32.2. The molecule has 0 unspecified atom stereocenters. The molecule has 0 aliphatic rings. The third kappa shape index (κ3) is 1.90. The van der Waals surface area contributed by atoms with E-state index in [1.165, 1.54) is 10.5 Å². The number of rotatable bonds is 3. The first kappa shape index (κ1) is 9.36. The van der Waals surface area contributed by atoms with Crippen molar-refractivity contribution in [3.8, 4) is 0 Å². The van der Waals surface area contributed by atoms with Crippen molar-refractivity contribution in [3.05, 3.63) is 35.9 Å². The molecule has 0 heterocycles. The molecule has 0 aromatic heterocycles. The van der Waals surface area contributed by atoms with Gasteiger partial charge in [-0.1, -0.05) is 18.7 Å². The Morgan fingerprint density at radius 1 is 1.58 bits per heavy atom. The molecule has 0 atom stereocenters. The predicted molar refractivity (Wildman–Crippen MR) is 56.2 cm³/mol. The van der Waals surface area contributed by atoms with Gasteiger partial charge in [0.2, 0.25) is 0 Å². The lowest BCUT2D eigenvalue weighted by atomic mass is 10.1. The minimum atomic E-state index is 0.593. The Hall–Kier alpha value is -0.730. The predicted octanol–water partition coefficient (Wildman–Crippen LogP) is 2.51. The van der Waals surface area contributed by atoms with Gasteiger partial charge in [0.1, 0.15) is 0 Å². The van der Waals surface area contributed by atoms with Gasteiger partial charge in [0, 0.05) is 11.4 Å². The van der Waals surface area contributed by atoms with Crippen LogP contribution in [0.4, 0.5) is 0 Å². The molecule has 0 spiro atoms. The van der Waals surface area contributed by atoms with Crippen LogP contribution in [0.15, 0.2) is 29.7 Å². The van der Waals surface area contributed by atoms with Gasteiger partial charge in [0.05, 0.1) is 0 Å². The Morgan fingerprint density at radius 3 is 2.83 bits per heavy atom. The van der Waals surface area contributed by atoms with Crippen molar-refractivity contribution in [2.45, 2.75) is 11.4 Å². The zero-order valence-corrected chi connectivity index (χ0v) is 8.03. The molecule has 1 aromatic rings. The van der Waals surface area contributed by atoms with Crippen LogP contribution in [0.2, 0.25) is 0 Å². The first-order valence-corrected chi connectivity index (χ1v) is 5.03. The van der Waals surface area contributed by atoms with Crippen LogP contribution in [0.5, 0.6) is 0 Å². The molecule has 64 valence electrons. The van der Waals surface area contributed by atoms with Gasteiger partial charge in [-0.2, -0.15) is 0 Å². The molecule has 2 N–H and O–H groups in total. The molecule has 1 nitrogen and oxygen atoms in total. The summed E-state index contributed by atoms with van der Waals surface area (Å²) in [4.78, 5) is 1.25. The third-order valence-electron chi connectivity index (χ3n) is 1.75. The van der Waals surface area contributed by atoms with Gasteiger partial charge < -0.3 is 5.73 Å². The van der Waals surface area contributed by atoms with Crippen molar-refractivity contribution in [1.29, 1.82) is 0 Å². The highest BCUT2D eigenvalue weighted by Crippen LogP contribution is 2.22. The Labute approximate surface area is 77.7 Å². The smallest absolute Gasteiger partial charge is 0.0178 e. The fourth-order valence-corrected chi connectivity index (χ4v) is 1.65. The van der Waals surface area contributed by atoms with Gasteiger partial charge in [-0.3, -0.25) is 0 Å². The van der Waals surface area contributed by atoms with Crippen LogP contribution >= 0.6 is 11.8 Å². The van der Waals surface area contributed by atoms with Crippen molar-refractivity contribution in [2.75, 3.05) is 6.26 Å². The number of hydrogen-bond acceptors (Lipinski definition) is 2. The van der Waals surface area contributed by atoms with Gasteiger partial charge in [0.25, 0.3) is 0 Å². The average Bonchev–Trinajstić information content (AvgIpc) is 2.16. The average molecular weight is 179 g/mol. The van der Waals surface area contributed by atoms with Crippen LogP contribution in [0.1, 0.15) is 11.1 Å². The quantitative estimate of drug-likeness (QED) is 0.721. The zero-order valence-electron chi connectivity index (χ0n) is 7.21. The van der Waals surface area contributed by atoms with Crippen LogP contribution < -0.4 is 5.73 Å². The van der Waals surface area contributed by atoms with Gasteiger partial charge >= 0.3 is 0 Å². The highest BCUT2D eigenvalue weighted by molar-refractivity contribution is 7.98. The Kier molecular flexibility index (Phi) is 3.38. The van der Waals surface area contributed by atoms with E-state index in [0.717, 1.165) is 5.56 Å². The normalized spacial score (nSPS) is 9.83. The van der Waals surface area contributed by atoms with Crippen LogP contribution in [0.25, 0.3) is 6.08 Å². The fraction of sp³-hybridized carbons (Fsp3) is 0.200. The molecular weight excluding hydrogens is 166 g/mol.